The largest absolute Gasteiger partial charge is 0.489 e. The van der Waals surface area contributed by atoms with Gasteiger partial charge in [-0.15, -0.1) is 0 Å². The van der Waals surface area contributed by atoms with E-state index in [9.17, 15) is 0 Å². The van der Waals surface area contributed by atoms with Gasteiger partial charge in [-0.05, 0) is 73.0 Å². The summed E-state index contributed by atoms with van der Waals surface area (Å²) in [7, 11) is 0. The summed E-state index contributed by atoms with van der Waals surface area (Å²) in [5.41, 5.74) is 6.01. The Morgan fingerprint density at radius 3 is 2.42 bits per heavy atom. The van der Waals surface area contributed by atoms with Gasteiger partial charge in [0.15, 0.2) is 5.58 Å². The molecule has 0 amide bonds. The van der Waals surface area contributed by atoms with Crippen molar-refractivity contribution in [2.75, 3.05) is 0 Å². The number of ether oxygens (including phenoxy) is 1. The fourth-order valence-corrected chi connectivity index (χ4v) is 3.07. The van der Waals surface area contributed by atoms with Crippen LogP contribution in [0.2, 0.25) is 5.02 Å². The van der Waals surface area contributed by atoms with Crippen LogP contribution in [0.3, 0.4) is 0 Å². The molecule has 0 aliphatic carbocycles. The molecule has 1 aromatic heterocycles. The van der Waals surface area contributed by atoms with Crippen LogP contribution in [0, 0.1) is 13.8 Å². The highest BCUT2D eigenvalue weighted by Gasteiger charge is 2.11. The van der Waals surface area contributed by atoms with E-state index in [1.54, 1.807) is 0 Å². The van der Waals surface area contributed by atoms with E-state index in [-0.39, 0.29) is 0 Å². The van der Waals surface area contributed by atoms with E-state index in [1.165, 1.54) is 5.56 Å². The number of hydrogen-bond donors (Lipinski definition) is 0. The van der Waals surface area contributed by atoms with Crippen LogP contribution in [0.4, 0.5) is 0 Å². The van der Waals surface area contributed by atoms with Crippen LogP contribution < -0.4 is 4.74 Å². The lowest BCUT2D eigenvalue weighted by Crippen LogP contribution is -1.94. The van der Waals surface area contributed by atoms with Gasteiger partial charge in [-0.2, -0.15) is 0 Å². The minimum Gasteiger partial charge on any atom is -0.489 e. The Kier molecular flexibility index (Phi) is 4.39. The molecule has 4 rings (SSSR count). The Bertz CT molecular complexity index is 1050. The van der Waals surface area contributed by atoms with Crippen LogP contribution in [0.25, 0.3) is 22.6 Å². The Morgan fingerprint density at radius 2 is 1.69 bits per heavy atom. The second-order valence-corrected chi connectivity index (χ2v) is 6.83. The highest BCUT2D eigenvalue weighted by Crippen LogP contribution is 2.28. The van der Waals surface area contributed by atoms with Crippen molar-refractivity contribution in [2.24, 2.45) is 0 Å². The predicted octanol–water partition coefficient (Wildman–Crippen LogP) is 6.34. The lowest BCUT2D eigenvalue weighted by molar-refractivity contribution is 0.306. The van der Waals surface area contributed by atoms with E-state index in [4.69, 9.17) is 20.8 Å². The van der Waals surface area contributed by atoms with Crippen LogP contribution in [0.15, 0.2) is 65.1 Å². The van der Waals surface area contributed by atoms with Gasteiger partial charge in [0, 0.05) is 10.6 Å². The molecular weight excluding hydrogens is 346 g/mol. The summed E-state index contributed by atoms with van der Waals surface area (Å²) in [6.07, 6.45) is 0. The fraction of sp³-hybridized carbons (Fsp3) is 0.136. The van der Waals surface area contributed by atoms with E-state index < -0.39 is 0 Å². The van der Waals surface area contributed by atoms with Gasteiger partial charge in [-0.25, -0.2) is 4.98 Å². The summed E-state index contributed by atoms with van der Waals surface area (Å²) in [5.74, 6) is 1.42. The van der Waals surface area contributed by atoms with Gasteiger partial charge >= 0.3 is 0 Å². The fourth-order valence-electron chi connectivity index (χ4n) is 2.94. The molecule has 3 aromatic carbocycles. The summed E-state index contributed by atoms with van der Waals surface area (Å²) in [6, 6.07) is 19.6. The maximum absolute atomic E-state index is 5.96. The molecule has 0 aliphatic rings. The van der Waals surface area contributed by atoms with Gasteiger partial charge in [0.1, 0.15) is 17.9 Å². The molecule has 0 saturated heterocycles. The van der Waals surface area contributed by atoms with Crippen molar-refractivity contribution in [3.8, 4) is 17.2 Å². The van der Waals surface area contributed by atoms with Gasteiger partial charge in [0.05, 0.1) is 0 Å². The molecule has 0 atom stereocenters. The minimum absolute atomic E-state index is 0.498. The maximum atomic E-state index is 5.96. The minimum atomic E-state index is 0.498. The van der Waals surface area contributed by atoms with E-state index in [2.05, 4.69) is 18.0 Å². The van der Waals surface area contributed by atoms with E-state index >= 15 is 0 Å². The third kappa shape index (κ3) is 3.44. The molecule has 0 spiro atoms. The van der Waals surface area contributed by atoms with Crippen LogP contribution in [0.5, 0.6) is 5.75 Å². The van der Waals surface area contributed by atoms with E-state index in [0.717, 1.165) is 38.6 Å². The standard InChI is InChI=1S/C22H18ClNO2/c1-14-11-15(2)21-20(12-14)24-22(26-21)17-5-9-19(10-6-17)25-13-16-3-7-18(23)8-4-16/h3-12H,13H2,1-2H3. The number of aromatic nitrogens is 1. The third-order valence-corrected chi connectivity index (χ3v) is 4.49. The molecule has 4 heteroatoms. The van der Waals surface area contributed by atoms with E-state index in [0.29, 0.717) is 12.5 Å². The summed E-state index contributed by atoms with van der Waals surface area (Å²) in [5, 5.41) is 0.724. The summed E-state index contributed by atoms with van der Waals surface area (Å²) in [6.45, 7) is 4.60. The topological polar surface area (TPSA) is 35.3 Å². The van der Waals surface area contributed by atoms with Crippen molar-refractivity contribution in [1.29, 1.82) is 0 Å². The van der Waals surface area contributed by atoms with Crippen molar-refractivity contribution in [2.45, 2.75) is 20.5 Å². The molecule has 0 N–H and O–H groups in total. The molecule has 1 heterocycles. The molecule has 0 unspecified atom stereocenters. The molecule has 0 fully saturated rings. The van der Waals surface area contributed by atoms with Crippen molar-refractivity contribution in [3.05, 3.63) is 82.4 Å². The Morgan fingerprint density at radius 1 is 0.962 bits per heavy atom. The molecule has 26 heavy (non-hydrogen) atoms. The predicted molar refractivity (Wildman–Crippen MR) is 105 cm³/mol. The number of rotatable bonds is 4. The second kappa shape index (κ2) is 6.85. The Labute approximate surface area is 157 Å². The lowest BCUT2D eigenvalue weighted by atomic mass is 10.1. The van der Waals surface area contributed by atoms with Crippen molar-refractivity contribution >= 4 is 22.7 Å². The van der Waals surface area contributed by atoms with Gasteiger partial charge in [-0.1, -0.05) is 29.8 Å². The quantitative estimate of drug-likeness (QED) is 0.424. The van der Waals surface area contributed by atoms with Crippen LogP contribution in [-0.4, -0.2) is 4.98 Å². The summed E-state index contributed by atoms with van der Waals surface area (Å²) >= 11 is 5.90. The van der Waals surface area contributed by atoms with Gasteiger partial charge in [-0.3, -0.25) is 0 Å². The monoisotopic (exact) mass is 363 g/mol. The van der Waals surface area contributed by atoms with Gasteiger partial charge in [0.2, 0.25) is 5.89 Å². The lowest BCUT2D eigenvalue weighted by Gasteiger charge is -2.06. The molecule has 4 aromatic rings. The molecule has 0 radical (unpaired) electrons. The zero-order valence-corrected chi connectivity index (χ0v) is 15.4. The SMILES string of the molecule is Cc1cc(C)c2oc(-c3ccc(OCc4ccc(Cl)cc4)cc3)nc2c1. The normalized spacial score (nSPS) is 11.0. The van der Waals surface area contributed by atoms with Crippen molar-refractivity contribution in [3.63, 3.8) is 0 Å². The average Bonchev–Trinajstić information content (AvgIpc) is 3.06. The summed E-state index contributed by atoms with van der Waals surface area (Å²) in [4.78, 5) is 4.62. The zero-order chi connectivity index (χ0) is 18.1. The molecule has 0 bridgehead atoms. The average molecular weight is 364 g/mol. The number of oxazole rings is 1. The zero-order valence-electron chi connectivity index (χ0n) is 14.6. The van der Waals surface area contributed by atoms with Gasteiger partial charge in [0.25, 0.3) is 0 Å². The number of benzene rings is 3. The summed E-state index contributed by atoms with van der Waals surface area (Å²) < 4.78 is 11.8. The molecule has 3 nitrogen and oxygen atoms in total. The number of aryl methyl sites for hydroxylation is 2. The smallest absolute Gasteiger partial charge is 0.227 e. The number of nitrogens with zero attached hydrogens (tertiary/aromatic N) is 1. The van der Waals surface area contributed by atoms with E-state index in [1.807, 2.05) is 61.5 Å². The first-order chi connectivity index (χ1) is 12.6. The maximum Gasteiger partial charge on any atom is 0.227 e. The third-order valence-electron chi connectivity index (χ3n) is 4.24. The highest BCUT2D eigenvalue weighted by atomic mass is 35.5. The number of halogens is 1. The first-order valence-corrected chi connectivity index (χ1v) is 8.82. The second-order valence-electron chi connectivity index (χ2n) is 6.39. The Hall–Kier alpha value is -2.78. The van der Waals surface area contributed by atoms with Crippen LogP contribution in [-0.2, 0) is 6.61 Å². The molecule has 0 aliphatic heterocycles. The first-order valence-electron chi connectivity index (χ1n) is 8.44. The van der Waals surface area contributed by atoms with Crippen LogP contribution >= 0.6 is 11.6 Å². The number of hydrogen-bond acceptors (Lipinski definition) is 3. The van der Waals surface area contributed by atoms with Crippen molar-refractivity contribution in [1.82, 2.24) is 4.98 Å². The number of fused-ring (bicyclic) bond motifs is 1. The molecule has 0 saturated carbocycles. The van der Waals surface area contributed by atoms with Crippen molar-refractivity contribution < 1.29 is 9.15 Å². The highest BCUT2D eigenvalue weighted by molar-refractivity contribution is 6.30. The molecule has 130 valence electrons. The molecular formula is C22H18ClNO2. The van der Waals surface area contributed by atoms with Gasteiger partial charge < -0.3 is 9.15 Å². The van der Waals surface area contributed by atoms with Crippen LogP contribution in [0.1, 0.15) is 16.7 Å². The Balaban J connectivity index is 1.52. The first kappa shape index (κ1) is 16.7.